The second-order valence-electron chi connectivity index (χ2n) is 5.89. The Morgan fingerprint density at radius 3 is 2.55 bits per heavy atom. The van der Waals surface area contributed by atoms with E-state index in [-0.39, 0.29) is 42.7 Å². The lowest BCUT2D eigenvalue weighted by Gasteiger charge is -2.21. The zero-order valence-electron chi connectivity index (χ0n) is 13.2. The lowest BCUT2D eigenvalue weighted by atomic mass is 9.94. The van der Waals surface area contributed by atoms with Gasteiger partial charge in [0, 0.05) is 19.1 Å². The monoisotopic (exact) mass is 347 g/mol. The Morgan fingerprint density at radius 1 is 1.36 bits per heavy atom. The summed E-state index contributed by atoms with van der Waals surface area (Å²) in [5, 5.41) is 3.05. The zero-order valence-corrected chi connectivity index (χ0v) is 14.8. The summed E-state index contributed by atoms with van der Waals surface area (Å²) in [7, 11) is 2.12. The van der Waals surface area contributed by atoms with Gasteiger partial charge in [0.15, 0.2) is 0 Å². The Labute approximate surface area is 145 Å². The highest BCUT2D eigenvalue weighted by Crippen LogP contribution is 2.19. The molecule has 0 saturated carbocycles. The van der Waals surface area contributed by atoms with Crippen LogP contribution in [0.1, 0.15) is 24.9 Å². The number of hydrogen-bond donors (Lipinski definition) is 2. The van der Waals surface area contributed by atoms with Gasteiger partial charge in [-0.25, -0.2) is 0 Å². The third-order valence-corrected chi connectivity index (χ3v) is 4.19. The number of nitrogens with one attached hydrogen (secondary N) is 1. The van der Waals surface area contributed by atoms with Gasteiger partial charge in [-0.2, -0.15) is 0 Å². The molecular weight excluding hydrogens is 321 g/mol. The van der Waals surface area contributed by atoms with Gasteiger partial charge in [-0.15, -0.1) is 24.8 Å². The zero-order chi connectivity index (χ0) is 14.5. The maximum Gasteiger partial charge on any atom is 0.224 e. The normalized spacial score (nSPS) is 20.4. The SMILES string of the molecule is CC(C(=O)NCC1CCN(C)C1)C(N)c1ccccc1.Cl.Cl. The number of nitrogens with zero attached hydrogens (tertiary/aromatic N) is 1. The molecule has 1 fully saturated rings. The maximum absolute atomic E-state index is 12.2. The topological polar surface area (TPSA) is 58.4 Å². The van der Waals surface area contributed by atoms with E-state index < -0.39 is 0 Å². The Hall–Kier alpha value is -0.810. The predicted octanol–water partition coefficient (Wildman–Crippen LogP) is 2.23. The Morgan fingerprint density at radius 2 is 2.00 bits per heavy atom. The molecule has 126 valence electrons. The average molecular weight is 348 g/mol. The molecule has 0 bridgehead atoms. The molecule has 0 radical (unpaired) electrons. The van der Waals surface area contributed by atoms with Crippen LogP contribution < -0.4 is 11.1 Å². The van der Waals surface area contributed by atoms with Gasteiger partial charge in [0.05, 0.1) is 5.92 Å². The summed E-state index contributed by atoms with van der Waals surface area (Å²) in [6, 6.07) is 9.56. The largest absolute Gasteiger partial charge is 0.355 e. The first-order valence-corrected chi connectivity index (χ1v) is 7.34. The Balaban J connectivity index is 0.00000220. The number of rotatable bonds is 5. The fourth-order valence-corrected chi connectivity index (χ4v) is 2.73. The number of carbonyl (C=O) groups is 1. The lowest BCUT2D eigenvalue weighted by Crippen LogP contribution is -2.38. The highest BCUT2D eigenvalue weighted by Gasteiger charge is 2.24. The van der Waals surface area contributed by atoms with Gasteiger partial charge in [-0.3, -0.25) is 4.79 Å². The van der Waals surface area contributed by atoms with Gasteiger partial charge in [0.1, 0.15) is 0 Å². The average Bonchev–Trinajstić information content (AvgIpc) is 2.89. The van der Waals surface area contributed by atoms with Crippen molar-refractivity contribution in [1.29, 1.82) is 0 Å². The predicted molar refractivity (Wildman–Crippen MR) is 95.6 cm³/mol. The summed E-state index contributed by atoms with van der Waals surface area (Å²) < 4.78 is 0. The minimum Gasteiger partial charge on any atom is -0.355 e. The quantitative estimate of drug-likeness (QED) is 0.858. The van der Waals surface area contributed by atoms with Crippen molar-refractivity contribution in [2.24, 2.45) is 17.6 Å². The number of halogens is 2. The van der Waals surface area contributed by atoms with Crippen LogP contribution in [-0.2, 0) is 4.79 Å². The van der Waals surface area contributed by atoms with E-state index in [0.717, 1.165) is 31.6 Å². The van der Waals surface area contributed by atoms with Crippen LogP contribution in [0.3, 0.4) is 0 Å². The van der Waals surface area contributed by atoms with Crippen LogP contribution in [0.5, 0.6) is 0 Å². The molecule has 0 spiro atoms. The first kappa shape index (κ1) is 21.2. The summed E-state index contributed by atoms with van der Waals surface area (Å²) >= 11 is 0. The molecule has 1 saturated heterocycles. The molecule has 2 rings (SSSR count). The van der Waals surface area contributed by atoms with E-state index in [9.17, 15) is 4.79 Å². The van der Waals surface area contributed by atoms with E-state index in [0.29, 0.717) is 5.92 Å². The molecule has 6 heteroatoms. The fraction of sp³-hybridized carbons (Fsp3) is 0.562. The summed E-state index contributed by atoms with van der Waals surface area (Å²) in [5.74, 6) is 0.413. The van der Waals surface area contributed by atoms with Crippen molar-refractivity contribution in [1.82, 2.24) is 10.2 Å². The summed E-state index contributed by atoms with van der Waals surface area (Å²) in [6.45, 7) is 4.85. The Bertz CT molecular complexity index is 444. The molecule has 1 aromatic rings. The highest BCUT2D eigenvalue weighted by molar-refractivity contribution is 5.85. The molecule has 3 atom stereocenters. The number of carbonyl (C=O) groups excluding carboxylic acids is 1. The van der Waals surface area contributed by atoms with Crippen molar-refractivity contribution < 1.29 is 4.79 Å². The summed E-state index contributed by atoms with van der Waals surface area (Å²) in [5.41, 5.74) is 7.19. The van der Waals surface area contributed by atoms with Gasteiger partial charge in [0.2, 0.25) is 5.91 Å². The third-order valence-electron chi connectivity index (χ3n) is 4.19. The fourth-order valence-electron chi connectivity index (χ4n) is 2.73. The Kier molecular flexibility index (Phi) is 9.69. The molecule has 22 heavy (non-hydrogen) atoms. The van der Waals surface area contributed by atoms with Gasteiger partial charge < -0.3 is 16.0 Å². The number of benzene rings is 1. The van der Waals surface area contributed by atoms with E-state index in [1.807, 2.05) is 37.3 Å². The molecule has 1 amide bonds. The molecule has 1 heterocycles. The van der Waals surface area contributed by atoms with Crippen LogP contribution in [-0.4, -0.2) is 37.5 Å². The number of nitrogens with two attached hydrogens (primary N) is 1. The van der Waals surface area contributed by atoms with Crippen LogP contribution in [0, 0.1) is 11.8 Å². The van der Waals surface area contributed by atoms with Crippen LogP contribution in [0.15, 0.2) is 30.3 Å². The van der Waals surface area contributed by atoms with Gasteiger partial charge >= 0.3 is 0 Å². The van der Waals surface area contributed by atoms with Gasteiger partial charge in [0.25, 0.3) is 0 Å². The van der Waals surface area contributed by atoms with Crippen molar-refractivity contribution in [3.05, 3.63) is 35.9 Å². The van der Waals surface area contributed by atoms with Crippen LogP contribution in [0.2, 0.25) is 0 Å². The van der Waals surface area contributed by atoms with Crippen molar-refractivity contribution in [3.63, 3.8) is 0 Å². The lowest BCUT2D eigenvalue weighted by molar-refractivity contribution is -0.125. The minimum atomic E-state index is -0.248. The third kappa shape index (κ3) is 5.76. The van der Waals surface area contributed by atoms with Crippen molar-refractivity contribution in [2.45, 2.75) is 19.4 Å². The molecule has 1 aromatic carbocycles. The first-order valence-electron chi connectivity index (χ1n) is 7.34. The standard InChI is InChI=1S/C16H25N3O.2ClH/c1-12(15(17)14-6-4-3-5-7-14)16(20)18-10-13-8-9-19(2)11-13;;/h3-7,12-13,15H,8-11,17H2,1-2H3,(H,18,20);2*1H. The molecule has 1 aliphatic heterocycles. The first-order chi connectivity index (χ1) is 9.58. The summed E-state index contributed by atoms with van der Waals surface area (Å²) in [4.78, 5) is 14.5. The highest BCUT2D eigenvalue weighted by atomic mass is 35.5. The van der Waals surface area contributed by atoms with Crippen LogP contribution in [0.4, 0.5) is 0 Å². The number of hydrogen-bond acceptors (Lipinski definition) is 3. The molecular formula is C16H27Cl2N3O. The van der Waals surface area contributed by atoms with Gasteiger partial charge in [-0.05, 0) is 31.5 Å². The summed E-state index contributed by atoms with van der Waals surface area (Å²) in [6.07, 6.45) is 1.16. The van der Waals surface area contributed by atoms with E-state index in [2.05, 4.69) is 17.3 Å². The number of likely N-dealkylation sites (tertiary alicyclic amines) is 1. The van der Waals surface area contributed by atoms with Crippen LogP contribution >= 0.6 is 24.8 Å². The molecule has 3 unspecified atom stereocenters. The van der Waals surface area contributed by atoms with Crippen LogP contribution in [0.25, 0.3) is 0 Å². The second-order valence-corrected chi connectivity index (χ2v) is 5.89. The maximum atomic E-state index is 12.2. The van der Waals surface area contributed by atoms with Crippen molar-refractivity contribution >= 4 is 30.7 Å². The van der Waals surface area contributed by atoms with E-state index >= 15 is 0 Å². The molecule has 0 aromatic heterocycles. The van der Waals surface area contributed by atoms with Gasteiger partial charge in [-0.1, -0.05) is 37.3 Å². The van der Waals surface area contributed by atoms with E-state index in [4.69, 9.17) is 5.73 Å². The van der Waals surface area contributed by atoms with Crippen molar-refractivity contribution in [3.8, 4) is 0 Å². The molecule has 0 aliphatic carbocycles. The molecule has 4 nitrogen and oxygen atoms in total. The smallest absolute Gasteiger partial charge is 0.224 e. The molecule has 3 N–H and O–H groups in total. The molecule has 1 aliphatic rings. The van der Waals surface area contributed by atoms with E-state index in [1.54, 1.807) is 0 Å². The number of amides is 1. The minimum absolute atomic E-state index is 0. The van der Waals surface area contributed by atoms with E-state index in [1.165, 1.54) is 0 Å². The second kappa shape index (κ2) is 10.1. The van der Waals surface area contributed by atoms with Crippen molar-refractivity contribution in [2.75, 3.05) is 26.7 Å².